The van der Waals surface area contributed by atoms with E-state index in [1.807, 2.05) is 25.1 Å². The Hall–Kier alpha value is -2.28. The van der Waals surface area contributed by atoms with Gasteiger partial charge >= 0.3 is 0 Å². The second-order valence-electron chi connectivity index (χ2n) is 4.12. The van der Waals surface area contributed by atoms with E-state index in [1.165, 1.54) is 13.4 Å². The van der Waals surface area contributed by atoms with Gasteiger partial charge in [-0.2, -0.15) is 0 Å². The smallest absolute Gasteiger partial charge is 0.253 e. The quantitative estimate of drug-likeness (QED) is 0.885. The van der Waals surface area contributed by atoms with Crippen LogP contribution in [-0.4, -0.2) is 39.3 Å². The van der Waals surface area contributed by atoms with Gasteiger partial charge in [0.25, 0.3) is 5.91 Å². The van der Waals surface area contributed by atoms with Crippen LogP contribution in [0.1, 0.15) is 12.5 Å². The van der Waals surface area contributed by atoms with Crippen LogP contribution in [0.5, 0.6) is 0 Å². The fourth-order valence-corrected chi connectivity index (χ4v) is 1.56. The van der Waals surface area contributed by atoms with Gasteiger partial charge in [0.05, 0.1) is 5.69 Å². The summed E-state index contributed by atoms with van der Waals surface area (Å²) in [7, 11) is 1.49. The van der Waals surface area contributed by atoms with Crippen LogP contribution in [0.4, 0.5) is 5.69 Å². The van der Waals surface area contributed by atoms with E-state index in [4.69, 9.17) is 4.74 Å². The molecule has 0 aliphatic rings. The minimum Gasteiger partial charge on any atom is -0.372 e. The lowest BCUT2D eigenvalue weighted by atomic mass is 10.2. The van der Waals surface area contributed by atoms with Crippen LogP contribution in [0.2, 0.25) is 0 Å². The Morgan fingerprint density at radius 1 is 1.47 bits per heavy atom. The van der Waals surface area contributed by atoms with Crippen LogP contribution >= 0.6 is 0 Å². The van der Waals surface area contributed by atoms with E-state index in [2.05, 4.69) is 20.8 Å². The lowest BCUT2D eigenvalue weighted by Gasteiger charge is -2.12. The molecule has 0 radical (unpaired) electrons. The number of anilines is 1. The third-order valence-electron chi connectivity index (χ3n) is 2.80. The molecule has 1 amide bonds. The number of rotatable bonds is 4. The number of carbonyl (C=O) groups excluding carboxylic acids is 1. The fraction of sp³-hybridized carbons (Fsp3) is 0.333. The maximum Gasteiger partial charge on any atom is 0.253 e. The highest BCUT2D eigenvalue weighted by molar-refractivity contribution is 5.94. The average molecular weight is 261 g/mol. The molecule has 0 saturated heterocycles. The average Bonchev–Trinajstić information content (AvgIpc) is 2.93. The first-order valence-corrected chi connectivity index (χ1v) is 5.79. The molecule has 0 aliphatic heterocycles. The van der Waals surface area contributed by atoms with Crippen LogP contribution in [0, 0.1) is 6.92 Å². The molecule has 0 saturated carbocycles. The third kappa shape index (κ3) is 2.94. The van der Waals surface area contributed by atoms with Crippen molar-refractivity contribution in [2.45, 2.75) is 20.0 Å². The number of amides is 1. The van der Waals surface area contributed by atoms with Gasteiger partial charge < -0.3 is 10.1 Å². The maximum absolute atomic E-state index is 11.7. The molecular weight excluding hydrogens is 246 g/mol. The standard InChI is InChI=1S/C12H15N5O2/c1-8-4-5-10(14-12(18)9(2)19-3)6-11(8)17-7-13-15-16-17/h4-7,9H,1-3H3,(H,14,18). The SMILES string of the molecule is COC(C)C(=O)Nc1ccc(C)c(-n2cnnn2)c1. The zero-order valence-corrected chi connectivity index (χ0v) is 11.0. The molecule has 2 rings (SSSR count). The molecule has 100 valence electrons. The monoisotopic (exact) mass is 261 g/mol. The molecule has 0 bridgehead atoms. The van der Waals surface area contributed by atoms with Crippen molar-refractivity contribution in [1.82, 2.24) is 20.2 Å². The molecule has 2 aromatic rings. The second kappa shape index (κ2) is 5.57. The number of hydrogen-bond donors (Lipinski definition) is 1. The molecule has 1 N–H and O–H groups in total. The number of nitrogens with one attached hydrogen (secondary N) is 1. The van der Waals surface area contributed by atoms with E-state index in [9.17, 15) is 4.79 Å². The Morgan fingerprint density at radius 2 is 2.26 bits per heavy atom. The van der Waals surface area contributed by atoms with Gasteiger partial charge in [0.1, 0.15) is 12.4 Å². The van der Waals surface area contributed by atoms with Crippen LogP contribution in [0.25, 0.3) is 5.69 Å². The molecule has 1 unspecified atom stereocenters. The Balaban J connectivity index is 2.24. The first-order valence-electron chi connectivity index (χ1n) is 5.79. The molecule has 0 fully saturated rings. The number of benzene rings is 1. The van der Waals surface area contributed by atoms with Crippen molar-refractivity contribution in [3.8, 4) is 5.69 Å². The first-order chi connectivity index (χ1) is 9.11. The maximum atomic E-state index is 11.7. The summed E-state index contributed by atoms with van der Waals surface area (Å²) in [6.07, 6.45) is 1.00. The van der Waals surface area contributed by atoms with E-state index in [0.717, 1.165) is 11.3 Å². The first kappa shape index (κ1) is 13.2. The summed E-state index contributed by atoms with van der Waals surface area (Å²) in [6, 6.07) is 5.53. The highest BCUT2D eigenvalue weighted by Crippen LogP contribution is 2.18. The molecule has 1 atom stereocenters. The van der Waals surface area contributed by atoms with Crippen LogP contribution in [0.15, 0.2) is 24.5 Å². The number of carbonyl (C=O) groups is 1. The molecule has 1 aromatic heterocycles. The summed E-state index contributed by atoms with van der Waals surface area (Å²) in [6.45, 7) is 3.63. The minimum atomic E-state index is -0.502. The van der Waals surface area contributed by atoms with Crippen molar-refractivity contribution in [2.75, 3.05) is 12.4 Å². The predicted octanol–water partition coefficient (Wildman–Crippen LogP) is 0.944. The lowest BCUT2D eigenvalue weighted by molar-refractivity contribution is -0.124. The molecule has 1 aromatic carbocycles. The van der Waals surface area contributed by atoms with E-state index in [0.29, 0.717) is 5.69 Å². The fourth-order valence-electron chi connectivity index (χ4n) is 1.56. The number of methoxy groups -OCH3 is 1. The van der Waals surface area contributed by atoms with Crippen LogP contribution in [0.3, 0.4) is 0 Å². The minimum absolute atomic E-state index is 0.200. The summed E-state index contributed by atoms with van der Waals surface area (Å²) in [5.74, 6) is -0.200. The molecule has 7 nitrogen and oxygen atoms in total. The van der Waals surface area contributed by atoms with Gasteiger partial charge in [-0.3, -0.25) is 4.79 Å². The summed E-state index contributed by atoms with van der Waals surface area (Å²) in [5.41, 5.74) is 2.49. The Bertz CT molecular complexity index is 568. The number of ether oxygens (including phenoxy) is 1. The van der Waals surface area contributed by atoms with E-state index in [1.54, 1.807) is 11.6 Å². The Labute approximate surface area is 110 Å². The van der Waals surface area contributed by atoms with E-state index in [-0.39, 0.29) is 5.91 Å². The number of nitrogens with zero attached hydrogens (tertiary/aromatic N) is 4. The van der Waals surface area contributed by atoms with Crippen LogP contribution in [-0.2, 0) is 9.53 Å². The summed E-state index contributed by atoms with van der Waals surface area (Å²) >= 11 is 0. The molecule has 19 heavy (non-hydrogen) atoms. The summed E-state index contributed by atoms with van der Waals surface area (Å²) in [5, 5.41) is 13.8. The number of aromatic nitrogens is 4. The van der Waals surface area contributed by atoms with E-state index >= 15 is 0 Å². The zero-order chi connectivity index (χ0) is 13.8. The second-order valence-corrected chi connectivity index (χ2v) is 4.12. The van der Waals surface area contributed by atoms with Gasteiger partial charge in [-0.1, -0.05) is 6.07 Å². The van der Waals surface area contributed by atoms with Crippen molar-refractivity contribution in [1.29, 1.82) is 0 Å². The van der Waals surface area contributed by atoms with Crippen LogP contribution < -0.4 is 5.32 Å². The van der Waals surface area contributed by atoms with Gasteiger partial charge in [-0.15, -0.1) is 5.10 Å². The van der Waals surface area contributed by atoms with Crippen molar-refractivity contribution in [3.05, 3.63) is 30.1 Å². The van der Waals surface area contributed by atoms with Gasteiger partial charge in [0.15, 0.2) is 0 Å². The molecule has 0 aliphatic carbocycles. The summed E-state index contributed by atoms with van der Waals surface area (Å²) < 4.78 is 6.51. The van der Waals surface area contributed by atoms with Gasteiger partial charge in [-0.25, -0.2) is 4.68 Å². The van der Waals surface area contributed by atoms with Crippen molar-refractivity contribution >= 4 is 11.6 Å². The molecule has 0 spiro atoms. The Kier molecular flexibility index (Phi) is 3.86. The van der Waals surface area contributed by atoms with Crippen molar-refractivity contribution in [2.24, 2.45) is 0 Å². The molecule has 7 heteroatoms. The zero-order valence-electron chi connectivity index (χ0n) is 11.0. The Morgan fingerprint density at radius 3 is 2.89 bits per heavy atom. The normalized spacial score (nSPS) is 12.2. The highest BCUT2D eigenvalue weighted by atomic mass is 16.5. The molecule has 1 heterocycles. The number of hydrogen-bond acceptors (Lipinski definition) is 5. The highest BCUT2D eigenvalue weighted by Gasteiger charge is 2.12. The topological polar surface area (TPSA) is 81.9 Å². The van der Waals surface area contributed by atoms with E-state index < -0.39 is 6.10 Å². The molecular formula is C12H15N5O2. The van der Waals surface area contributed by atoms with Crippen molar-refractivity contribution < 1.29 is 9.53 Å². The summed E-state index contributed by atoms with van der Waals surface area (Å²) in [4.78, 5) is 11.7. The number of tetrazole rings is 1. The largest absolute Gasteiger partial charge is 0.372 e. The lowest BCUT2D eigenvalue weighted by Crippen LogP contribution is -2.26. The van der Waals surface area contributed by atoms with Gasteiger partial charge in [0, 0.05) is 12.8 Å². The van der Waals surface area contributed by atoms with Gasteiger partial charge in [0.2, 0.25) is 0 Å². The third-order valence-corrected chi connectivity index (χ3v) is 2.80. The van der Waals surface area contributed by atoms with Gasteiger partial charge in [-0.05, 0) is 42.0 Å². The van der Waals surface area contributed by atoms with Crippen molar-refractivity contribution in [3.63, 3.8) is 0 Å². The predicted molar refractivity (Wildman–Crippen MR) is 69.0 cm³/mol. The number of aryl methyl sites for hydroxylation is 1.